The number of hydrogen-bond acceptors (Lipinski definition) is 6. The molecule has 0 atom stereocenters. The van der Waals surface area contributed by atoms with Gasteiger partial charge in [0.25, 0.3) is 5.56 Å². The molecule has 0 saturated carbocycles. The molecular weight excluding hydrogens is 366 g/mol. The molecule has 138 valence electrons. The van der Waals surface area contributed by atoms with E-state index in [0.717, 1.165) is 5.56 Å². The number of benzene rings is 1. The number of amides is 1. The fraction of sp³-hybridized carbons (Fsp3) is 0.158. The van der Waals surface area contributed by atoms with Crippen molar-refractivity contribution < 1.29 is 14.3 Å². The van der Waals surface area contributed by atoms with Gasteiger partial charge in [-0.25, -0.2) is 9.78 Å². The van der Waals surface area contributed by atoms with E-state index in [4.69, 9.17) is 10.5 Å². The standard InChI is InChI=1S/C19H17N3O4S/c1-12-6-7-17-21-13(8-18(24)22(17)9-12)10-26-19(25)14-4-2-3-5-15(14)27-11-16(20)23/h2-9H,10-11H2,1H3,(H2,20,23). The summed E-state index contributed by atoms with van der Waals surface area (Å²) in [5.41, 5.74) is 7.03. The van der Waals surface area contributed by atoms with Crippen LogP contribution >= 0.6 is 11.8 Å². The SMILES string of the molecule is Cc1ccc2nc(COC(=O)c3ccccc3SCC(N)=O)cc(=O)n2c1. The third-order valence-corrected chi connectivity index (χ3v) is 4.78. The Labute approximate surface area is 159 Å². The van der Waals surface area contributed by atoms with Crippen molar-refractivity contribution in [2.45, 2.75) is 18.4 Å². The predicted molar refractivity (Wildman–Crippen MR) is 102 cm³/mol. The number of aryl methyl sites for hydroxylation is 1. The number of aromatic nitrogens is 2. The van der Waals surface area contributed by atoms with E-state index >= 15 is 0 Å². The molecule has 3 aromatic rings. The second kappa shape index (κ2) is 8.05. The Morgan fingerprint density at radius 2 is 2.00 bits per heavy atom. The molecule has 0 spiro atoms. The number of pyridine rings is 1. The van der Waals surface area contributed by atoms with E-state index in [1.165, 1.54) is 22.2 Å². The number of hydrogen-bond donors (Lipinski definition) is 1. The molecule has 0 radical (unpaired) electrons. The summed E-state index contributed by atoms with van der Waals surface area (Å²) in [6.45, 7) is 1.75. The smallest absolute Gasteiger partial charge is 0.339 e. The van der Waals surface area contributed by atoms with Crippen LogP contribution in [0.4, 0.5) is 0 Å². The summed E-state index contributed by atoms with van der Waals surface area (Å²) in [5, 5.41) is 0. The van der Waals surface area contributed by atoms with Crippen molar-refractivity contribution in [1.82, 2.24) is 9.38 Å². The van der Waals surface area contributed by atoms with Gasteiger partial charge in [-0.15, -0.1) is 11.8 Å². The third-order valence-electron chi connectivity index (χ3n) is 3.69. The average Bonchev–Trinajstić information content (AvgIpc) is 2.65. The molecule has 0 saturated heterocycles. The van der Waals surface area contributed by atoms with Crippen molar-refractivity contribution >= 4 is 29.3 Å². The molecule has 2 aromatic heterocycles. The lowest BCUT2D eigenvalue weighted by atomic mass is 10.2. The molecule has 8 heteroatoms. The number of ether oxygens (including phenoxy) is 1. The lowest BCUT2D eigenvalue weighted by molar-refractivity contribution is -0.115. The van der Waals surface area contributed by atoms with Gasteiger partial charge < -0.3 is 10.5 Å². The van der Waals surface area contributed by atoms with Gasteiger partial charge in [-0.05, 0) is 30.7 Å². The summed E-state index contributed by atoms with van der Waals surface area (Å²) >= 11 is 1.17. The molecule has 27 heavy (non-hydrogen) atoms. The Morgan fingerprint density at radius 3 is 2.78 bits per heavy atom. The Kier molecular flexibility index (Phi) is 5.56. The van der Waals surface area contributed by atoms with Gasteiger partial charge in [0.15, 0.2) is 0 Å². The van der Waals surface area contributed by atoms with E-state index in [2.05, 4.69) is 4.98 Å². The summed E-state index contributed by atoms with van der Waals surface area (Å²) < 4.78 is 6.75. The fourth-order valence-corrected chi connectivity index (χ4v) is 3.24. The molecule has 1 aromatic carbocycles. The number of carbonyl (C=O) groups excluding carboxylic acids is 2. The predicted octanol–water partition coefficient (Wildman–Crippen LogP) is 1.94. The zero-order chi connectivity index (χ0) is 19.4. The summed E-state index contributed by atoms with van der Waals surface area (Å²) in [5.74, 6) is -0.972. The maximum Gasteiger partial charge on any atom is 0.339 e. The zero-order valence-electron chi connectivity index (χ0n) is 14.5. The average molecular weight is 383 g/mol. The van der Waals surface area contributed by atoms with Crippen molar-refractivity contribution in [3.05, 3.63) is 75.8 Å². The number of fused-ring (bicyclic) bond motifs is 1. The van der Waals surface area contributed by atoms with Crippen LogP contribution in [0.1, 0.15) is 21.6 Å². The number of primary amides is 1. The molecule has 2 heterocycles. The van der Waals surface area contributed by atoms with Gasteiger partial charge in [0, 0.05) is 17.2 Å². The highest BCUT2D eigenvalue weighted by Gasteiger charge is 2.14. The molecular formula is C19H17N3O4S. The van der Waals surface area contributed by atoms with Gasteiger partial charge >= 0.3 is 5.97 Å². The van der Waals surface area contributed by atoms with Crippen molar-refractivity contribution in [2.24, 2.45) is 5.73 Å². The number of carbonyl (C=O) groups is 2. The quantitative estimate of drug-likeness (QED) is 0.515. The van der Waals surface area contributed by atoms with Gasteiger partial charge in [0.1, 0.15) is 12.3 Å². The largest absolute Gasteiger partial charge is 0.456 e. The molecule has 0 aliphatic heterocycles. The topological polar surface area (TPSA) is 104 Å². The molecule has 0 bridgehead atoms. The summed E-state index contributed by atoms with van der Waals surface area (Å²) in [6.07, 6.45) is 1.70. The van der Waals surface area contributed by atoms with Crippen LogP contribution in [0.15, 0.2) is 58.4 Å². The Bertz CT molecular complexity index is 1080. The van der Waals surface area contributed by atoms with Gasteiger partial charge in [-0.1, -0.05) is 18.2 Å². The van der Waals surface area contributed by atoms with E-state index in [-0.39, 0.29) is 17.9 Å². The minimum atomic E-state index is -0.562. The van der Waals surface area contributed by atoms with Gasteiger partial charge in [-0.2, -0.15) is 0 Å². The first-order chi connectivity index (χ1) is 12.9. The summed E-state index contributed by atoms with van der Waals surface area (Å²) in [7, 11) is 0. The maximum absolute atomic E-state index is 12.4. The molecule has 0 unspecified atom stereocenters. The molecule has 0 aliphatic rings. The first kappa shape index (κ1) is 18.7. The van der Waals surface area contributed by atoms with Gasteiger partial charge in [-0.3, -0.25) is 14.0 Å². The van der Waals surface area contributed by atoms with Gasteiger partial charge in [0.2, 0.25) is 5.91 Å². The molecule has 0 fully saturated rings. The van der Waals surface area contributed by atoms with Crippen LogP contribution in [0.25, 0.3) is 5.65 Å². The van der Waals surface area contributed by atoms with Crippen LogP contribution in [0.2, 0.25) is 0 Å². The lowest BCUT2D eigenvalue weighted by Gasteiger charge is -2.09. The highest BCUT2D eigenvalue weighted by atomic mass is 32.2. The Balaban J connectivity index is 1.76. The number of rotatable bonds is 6. The monoisotopic (exact) mass is 383 g/mol. The first-order valence-electron chi connectivity index (χ1n) is 8.10. The fourth-order valence-electron chi connectivity index (χ4n) is 2.46. The van der Waals surface area contributed by atoms with E-state index in [9.17, 15) is 14.4 Å². The van der Waals surface area contributed by atoms with Crippen LogP contribution in [0.5, 0.6) is 0 Å². The highest BCUT2D eigenvalue weighted by molar-refractivity contribution is 8.00. The van der Waals surface area contributed by atoms with E-state index < -0.39 is 11.9 Å². The minimum absolute atomic E-state index is 0.0622. The Hall–Kier alpha value is -3.13. The van der Waals surface area contributed by atoms with Crippen LogP contribution in [0, 0.1) is 6.92 Å². The van der Waals surface area contributed by atoms with E-state index in [1.54, 1.807) is 36.5 Å². The minimum Gasteiger partial charge on any atom is -0.456 e. The number of nitrogens with zero attached hydrogens (tertiary/aromatic N) is 2. The molecule has 7 nitrogen and oxygen atoms in total. The van der Waals surface area contributed by atoms with Crippen molar-refractivity contribution in [3.8, 4) is 0 Å². The number of esters is 1. The molecule has 1 amide bonds. The first-order valence-corrected chi connectivity index (χ1v) is 9.09. The van der Waals surface area contributed by atoms with Crippen molar-refractivity contribution in [1.29, 1.82) is 0 Å². The zero-order valence-corrected chi connectivity index (χ0v) is 15.4. The number of thioether (sulfide) groups is 1. The third kappa shape index (κ3) is 4.53. The second-order valence-corrected chi connectivity index (χ2v) is 6.86. The van der Waals surface area contributed by atoms with Crippen molar-refractivity contribution in [3.63, 3.8) is 0 Å². The molecule has 3 rings (SSSR count). The lowest BCUT2D eigenvalue weighted by Crippen LogP contribution is -2.17. The van der Waals surface area contributed by atoms with Crippen LogP contribution in [0.3, 0.4) is 0 Å². The summed E-state index contributed by atoms with van der Waals surface area (Å²) in [4.78, 5) is 40.5. The Morgan fingerprint density at radius 1 is 1.22 bits per heavy atom. The van der Waals surface area contributed by atoms with Crippen LogP contribution in [-0.4, -0.2) is 27.0 Å². The highest BCUT2D eigenvalue weighted by Crippen LogP contribution is 2.23. The van der Waals surface area contributed by atoms with Crippen LogP contribution in [-0.2, 0) is 16.1 Å². The van der Waals surface area contributed by atoms with Crippen LogP contribution < -0.4 is 11.3 Å². The molecule has 2 N–H and O–H groups in total. The normalized spacial score (nSPS) is 10.7. The van der Waals surface area contributed by atoms with Crippen molar-refractivity contribution in [2.75, 3.05) is 5.75 Å². The summed E-state index contributed by atoms with van der Waals surface area (Å²) in [6, 6.07) is 11.7. The number of nitrogens with two attached hydrogens (primary N) is 1. The van der Waals surface area contributed by atoms with Gasteiger partial charge in [0.05, 0.1) is 17.0 Å². The molecule has 0 aliphatic carbocycles. The second-order valence-electron chi connectivity index (χ2n) is 5.85. The van der Waals surface area contributed by atoms with E-state index in [0.29, 0.717) is 21.8 Å². The maximum atomic E-state index is 12.4. The van der Waals surface area contributed by atoms with E-state index in [1.807, 2.05) is 13.0 Å².